The molecule has 0 unspecified atom stereocenters. The molecule has 25 heavy (non-hydrogen) atoms. The molecule has 0 saturated carbocycles. The molecular weight excluding hydrogens is 312 g/mol. The summed E-state index contributed by atoms with van der Waals surface area (Å²) < 4.78 is 0. The maximum atomic E-state index is 12.3. The summed E-state index contributed by atoms with van der Waals surface area (Å²) in [6.45, 7) is 11.5. The normalized spacial score (nSPS) is 10.7. The topological polar surface area (TPSA) is 40.6 Å². The molecular formula is C21H42N2O2. The third-order valence-electron chi connectivity index (χ3n) is 4.81. The van der Waals surface area contributed by atoms with Gasteiger partial charge in [0.15, 0.2) is 0 Å². The zero-order valence-corrected chi connectivity index (χ0v) is 17.3. The molecule has 0 N–H and O–H groups in total. The highest BCUT2D eigenvalue weighted by Gasteiger charge is 2.14. The lowest BCUT2D eigenvalue weighted by Gasteiger charge is -2.25. The Balaban J connectivity index is 4.07. The third-order valence-corrected chi connectivity index (χ3v) is 4.81. The minimum Gasteiger partial charge on any atom is -0.343 e. The molecule has 0 aliphatic heterocycles. The molecule has 0 aliphatic rings. The standard InChI is InChI=1S/C21H42N2O2/c1-5-9-11-13-16-20(24)22(7-3)18-15-19-23(8-4)21(25)17-14-12-10-6-2/h5-19H2,1-4H3. The van der Waals surface area contributed by atoms with E-state index in [9.17, 15) is 9.59 Å². The smallest absolute Gasteiger partial charge is 0.222 e. The van der Waals surface area contributed by atoms with Crippen LogP contribution in [0, 0.1) is 0 Å². The van der Waals surface area contributed by atoms with Crippen molar-refractivity contribution in [3.63, 3.8) is 0 Å². The van der Waals surface area contributed by atoms with Crippen molar-refractivity contribution in [1.82, 2.24) is 9.80 Å². The maximum absolute atomic E-state index is 12.3. The van der Waals surface area contributed by atoms with Crippen LogP contribution in [0.4, 0.5) is 0 Å². The van der Waals surface area contributed by atoms with E-state index in [2.05, 4.69) is 13.8 Å². The Morgan fingerprint density at radius 3 is 1.28 bits per heavy atom. The molecule has 0 bridgehead atoms. The highest BCUT2D eigenvalue weighted by molar-refractivity contribution is 5.76. The Morgan fingerprint density at radius 2 is 0.960 bits per heavy atom. The zero-order valence-electron chi connectivity index (χ0n) is 17.3. The molecule has 0 rings (SSSR count). The number of amides is 2. The van der Waals surface area contributed by atoms with Crippen molar-refractivity contribution in [2.24, 2.45) is 0 Å². The van der Waals surface area contributed by atoms with Crippen LogP contribution >= 0.6 is 0 Å². The monoisotopic (exact) mass is 354 g/mol. The molecule has 4 heteroatoms. The van der Waals surface area contributed by atoms with Crippen LogP contribution in [0.15, 0.2) is 0 Å². The lowest BCUT2D eigenvalue weighted by molar-refractivity contribution is -0.131. The third kappa shape index (κ3) is 12.0. The molecule has 0 aromatic rings. The molecule has 0 aliphatic carbocycles. The van der Waals surface area contributed by atoms with Crippen LogP contribution in [0.1, 0.15) is 98.3 Å². The minimum absolute atomic E-state index is 0.271. The highest BCUT2D eigenvalue weighted by Crippen LogP contribution is 2.08. The largest absolute Gasteiger partial charge is 0.343 e. The van der Waals surface area contributed by atoms with Gasteiger partial charge in [-0.3, -0.25) is 9.59 Å². The van der Waals surface area contributed by atoms with Gasteiger partial charge in [0.1, 0.15) is 0 Å². The highest BCUT2D eigenvalue weighted by atomic mass is 16.2. The molecule has 0 spiro atoms. The van der Waals surface area contributed by atoms with Gasteiger partial charge in [-0.25, -0.2) is 0 Å². The van der Waals surface area contributed by atoms with Gasteiger partial charge in [-0.2, -0.15) is 0 Å². The molecule has 148 valence electrons. The van der Waals surface area contributed by atoms with Gasteiger partial charge in [0.05, 0.1) is 0 Å². The number of carbonyl (C=O) groups excluding carboxylic acids is 2. The summed E-state index contributed by atoms with van der Waals surface area (Å²) >= 11 is 0. The van der Waals surface area contributed by atoms with E-state index >= 15 is 0 Å². The first-order chi connectivity index (χ1) is 12.1. The first-order valence-electron chi connectivity index (χ1n) is 10.7. The number of nitrogens with zero attached hydrogens (tertiary/aromatic N) is 2. The van der Waals surface area contributed by atoms with Gasteiger partial charge in [0, 0.05) is 39.0 Å². The summed E-state index contributed by atoms with van der Waals surface area (Å²) in [5.41, 5.74) is 0. The van der Waals surface area contributed by atoms with Crippen molar-refractivity contribution in [2.75, 3.05) is 26.2 Å². The molecule has 0 fully saturated rings. The van der Waals surface area contributed by atoms with Gasteiger partial charge in [-0.05, 0) is 33.1 Å². The summed E-state index contributed by atoms with van der Waals surface area (Å²) in [6, 6.07) is 0. The average Bonchev–Trinajstić information content (AvgIpc) is 2.62. The predicted molar refractivity (Wildman–Crippen MR) is 107 cm³/mol. The van der Waals surface area contributed by atoms with Gasteiger partial charge in [-0.15, -0.1) is 0 Å². The lowest BCUT2D eigenvalue weighted by Crippen LogP contribution is -2.36. The quantitative estimate of drug-likeness (QED) is 0.365. The fourth-order valence-corrected chi connectivity index (χ4v) is 3.09. The molecule has 0 aromatic carbocycles. The molecule has 0 saturated heterocycles. The Labute approximate surface area is 156 Å². The molecule has 4 nitrogen and oxygen atoms in total. The van der Waals surface area contributed by atoms with Gasteiger partial charge in [-0.1, -0.05) is 52.4 Å². The van der Waals surface area contributed by atoms with E-state index in [1.165, 1.54) is 25.7 Å². The van der Waals surface area contributed by atoms with Gasteiger partial charge in [0.2, 0.25) is 11.8 Å². The van der Waals surface area contributed by atoms with Gasteiger partial charge < -0.3 is 9.80 Å². The first-order valence-corrected chi connectivity index (χ1v) is 10.7. The van der Waals surface area contributed by atoms with E-state index in [0.29, 0.717) is 12.8 Å². The summed E-state index contributed by atoms with van der Waals surface area (Å²) in [7, 11) is 0. The Hall–Kier alpha value is -1.06. The molecule has 2 amide bonds. The van der Waals surface area contributed by atoms with Gasteiger partial charge in [0.25, 0.3) is 0 Å². The first kappa shape index (κ1) is 23.9. The van der Waals surface area contributed by atoms with E-state index in [1.807, 2.05) is 23.6 Å². The van der Waals surface area contributed by atoms with E-state index < -0.39 is 0 Å². The SMILES string of the molecule is CCCCCCC(=O)N(CC)CCCN(CC)C(=O)CCCCCC. The second kappa shape index (κ2) is 16.4. The van der Waals surface area contributed by atoms with Crippen molar-refractivity contribution >= 4 is 11.8 Å². The summed E-state index contributed by atoms with van der Waals surface area (Å²) in [5.74, 6) is 0.542. The average molecular weight is 355 g/mol. The number of hydrogen-bond donors (Lipinski definition) is 0. The molecule has 0 aromatic heterocycles. The van der Waals surface area contributed by atoms with Crippen molar-refractivity contribution in [1.29, 1.82) is 0 Å². The lowest BCUT2D eigenvalue weighted by atomic mass is 10.1. The van der Waals surface area contributed by atoms with Crippen molar-refractivity contribution in [3.8, 4) is 0 Å². The Morgan fingerprint density at radius 1 is 0.560 bits per heavy atom. The predicted octanol–water partition coefficient (Wildman–Crippen LogP) is 5.01. The van der Waals surface area contributed by atoms with Crippen LogP contribution < -0.4 is 0 Å². The molecule has 0 atom stereocenters. The van der Waals surface area contributed by atoms with E-state index in [-0.39, 0.29) is 11.8 Å². The van der Waals surface area contributed by atoms with E-state index in [4.69, 9.17) is 0 Å². The van der Waals surface area contributed by atoms with Crippen molar-refractivity contribution in [3.05, 3.63) is 0 Å². The second-order valence-corrected chi connectivity index (χ2v) is 6.92. The van der Waals surface area contributed by atoms with Crippen LogP contribution in [0.3, 0.4) is 0 Å². The molecule has 0 heterocycles. The Kier molecular flexibility index (Phi) is 15.7. The van der Waals surface area contributed by atoms with E-state index in [0.717, 1.165) is 58.3 Å². The van der Waals surface area contributed by atoms with Crippen molar-refractivity contribution < 1.29 is 9.59 Å². The van der Waals surface area contributed by atoms with Crippen molar-refractivity contribution in [2.45, 2.75) is 98.3 Å². The zero-order chi connectivity index (χ0) is 18.9. The number of carbonyl (C=O) groups is 2. The van der Waals surface area contributed by atoms with Gasteiger partial charge >= 0.3 is 0 Å². The fraction of sp³-hybridized carbons (Fsp3) is 0.905. The molecule has 0 radical (unpaired) electrons. The summed E-state index contributed by atoms with van der Waals surface area (Å²) in [4.78, 5) is 28.4. The minimum atomic E-state index is 0.271. The number of hydrogen-bond acceptors (Lipinski definition) is 2. The summed E-state index contributed by atoms with van der Waals surface area (Å²) in [5, 5.41) is 0. The number of unbranched alkanes of at least 4 members (excludes halogenated alkanes) is 6. The van der Waals surface area contributed by atoms with Crippen LogP contribution in [-0.2, 0) is 9.59 Å². The van der Waals surface area contributed by atoms with E-state index in [1.54, 1.807) is 0 Å². The van der Waals surface area contributed by atoms with Crippen LogP contribution in [0.5, 0.6) is 0 Å². The second-order valence-electron chi connectivity index (χ2n) is 6.92. The van der Waals surface area contributed by atoms with Crippen LogP contribution in [0.25, 0.3) is 0 Å². The van der Waals surface area contributed by atoms with Crippen LogP contribution in [-0.4, -0.2) is 47.8 Å². The Bertz CT molecular complexity index is 313. The summed E-state index contributed by atoms with van der Waals surface area (Å²) in [6.07, 6.45) is 11.3. The van der Waals surface area contributed by atoms with Crippen LogP contribution in [0.2, 0.25) is 0 Å². The number of rotatable bonds is 16. The fourth-order valence-electron chi connectivity index (χ4n) is 3.09. The maximum Gasteiger partial charge on any atom is 0.222 e.